The molecule has 5 aliphatic rings. The third-order valence-electron chi connectivity index (χ3n) is 16.1. The summed E-state index contributed by atoms with van der Waals surface area (Å²) >= 11 is 0. The van der Waals surface area contributed by atoms with Gasteiger partial charge in [-0.25, -0.2) is 4.79 Å². The molecule has 2 N–H and O–H groups in total. The lowest BCUT2D eigenvalue weighted by molar-refractivity contribution is -0.256. The van der Waals surface area contributed by atoms with Crippen molar-refractivity contribution in [2.75, 3.05) is 39.8 Å². The molecule has 4 aromatic carbocycles. The smallest absolute Gasteiger partial charge is 0.410 e. The Hall–Kier alpha value is -5.60. The fourth-order valence-corrected chi connectivity index (χ4v) is 12.4. The molecule has 0 bridgehead atoms. The molecule has 76 heavy (non-hydrogen) atoms. The van der Waals surface area contributed by atoms with Gasteiger partial charge in [0.05, 0.1) is 31.5 Å². The largest absolute Gasteiger partial charge is 0.459 e. The number of hydrogen-bond acceptors (Lipinski definition) is 12. The van der Waals surface area contributed by atoms with Crippen LogP contribution in [0.3, 0.4) is 0 Å². The number of oxime groups is 1. The Morgan fingerprint density at radius 1 is 0.803 bits per heavy atom. The summed E-state index contributed by atoms with van der Waals surface area (Å²) in [5.74, 6) is 1.10. The fourth-order valence-electron chi connectivity index (χ4n) is 12.4. The number of rotatable bonds is 29. The second-order valence-electron chi connectivity index (χ2n) is 21.4. The monoisotopic (exact) mass is 1040 g/mol. The number of carbonyl (C=O) groups excluding carboxylic acids is 1. The van der Waals surface area contributed by atoms with E-state index in [2.05, 4.69) is 49.9 Å². The highest BCUT2D eigenvalue weighted by atomic mass is 16.8. The van der Waals surface area contributed by atoms with Crippen LogP contribution in [0.5, 0.6) is 28.7 Å². The third-order valence-corrected chi connectivity index (χ3v) is 16.1. The maximum absolute atomic E-state index is 15.3. The highest BCUT2D eigenvalue weighted by Crippen LogP contribution is 2.62. The van der Waals surface area contributed by atoms with Crippen LogP contribution in [0.1, 0.15) is 152 Å². The van der Waals surface area contributed by atoms with Crippen molar-refractivity contribution < 1.29 is 53.0 Å². The zero-order valence-corrected chi connectivity index (χ0v) is 44.9. The van der Waals surface area contributed by atoms with Crippen LogP contribution < -0.4 is 18.9 Å². The predicted octanol–water partition coefficient (Wildman–Crippen LogP) is 14.1. The summed E-state index contributed by atoms with van der Waals surface area (Å²) in [6, 6.07) is 25.4. The van der Waals surface area contributed by atoms with Gasteiger partial charge < -0.3 is 48.2 Å². The summed E-state index contributed by atoms with van der Waals surface area (Å²) in [5, 5.41) is 27.6. The molecule has 0 spiro atoms. The lowest BCUT2D eigenvalue weighted by Crippen LogP contribution is -2.70. The van der Waals surface area contributed by atoms with Crippen LogP contribution in [-0.2, 0) is 25.6 Å². The third kappa shape index (κ3) is 13.4. The number of unbranched alkanes of at least 4 members (excludes halogenated alkanes) is 11. The number of aliphatic hydroxyl groups is 2. The van der Waals surface area contributed by atoms with Gasteiger partial charge in [-0.1, -0.05) is 131 Å². The van der Waals surface area contributed by atoms with Crippen LogP contribution in [0.4, 0.5) is 4.79 Å². The van der Waals surface area contributed by atoms with Gasteiger partial charge in [-0.3, -0.25) is 4.90 Å². The van der Waals surface area contributed by atoms with Gasteiger partial charge in [-0.2, -0.15) is 0 Å². The Balaban J connectivity index is 1.14. The van der Waals surface area contributed by atoms with Crippen LogP contribution in [-0.4, -0.2) is 84.9 Å². The lowest BCUT2D eigenvalue weighted by atomic mass is 9.55. The van der Waals surface area contributed by atoms with E-state index in [-0.39, 0.29) is 63.9 Å². The number of nitrogens with zero attached hydrogens (tertiary/aromatic N) is 2. The molecule has 1 unspecified atom stereocenters. The van der Waals surface area contributed by atoms with E-state index in [4.69, 9.17) is 43.2 Å². The van der Waals surface area contributed by atoms with E-state index < -0.39 is 30.1 Å². The second-order valence-corrected chi connectivity index (χ2v) is 21.4. The first-order chi connectivity index (χ1) is 37.4. The highest BCUT2D eigenvalue weighted by molar-refractivity contribution is 6.03. The van der Waals surface area contributed by atoms with Gasteiger partial charge in [0.2, 0.25) is 18.9 Å². The van der Waals surface area contributed by atoms with E-state index in [9.17, 15) is 10.2 Å². The van der Waals surface area contributed by atoms with Crippen molar-refractivity contribution in [1.29, 1.82) is 0 Å². The van der Waals surface area contributed by atoms with Crippen molar-refractivity contribution in [2.24, 2.45) is 22.9 Å². The molecule has 3 aliphatic heterocycles. The minimum atomic E-state index is -1.49. The van der Waals surface area contributed by atoms with Gasteiger partial charge in [0.15, 0.2) is 11.5 Å². The zero-order chi connectivity index (χ0) is 52.5. The molecule has 7 atom stereocenters. The number of ether oxygens (including phenoxy) is 7. The molecule has 1 amide bonds. The Morgan fingerprint density at radius 3 is 2.32 bits per heavy atom. The molecule has 1 saturated heterocycles. The minimum Gasteiger partial charge on any atom is -0.459 e. The fraction of sp³-hybridized carbons (Fsp3) is 0.556. The Morgan fingerprint density at radius 2 is 1.54 bits per heavy atom. The summed E-state index contributed by atoms with van der Waals surface area (Å²) in [4.78, 5) is 23.5. The summed E-state index contributed by atoms with van der Waals surface area (Å²) in [5.41, 5.74) is 3.43. The van der Waals surface area contributed by atoms with E-state index in [0.29, 0.717) is 60.3 Å². The number of aliphatic hydroxyl groups excluding tert-OH is 2. The number of fused-ring (bicyclic) bond motifs is 4. The SMILES string of the molecule is C=CCO[C@@]12Oc3ccc(Oc4ccc5ccccc5c4)cc3[C@H]3[C@H](CCCCO)[C@@H](CCCCO)C=C(C(=NOC4CCCCO4)C[C@@H]1N(Cc1ccc4c(c1)OCO4)C(=O)OCCCCCCCCCCCC)[C@H]32. The van der Waals surface area contributed by atoms with Crippen molar-refractivity contribution >= 4 is 22.6 Å². The summed E-state index contributed by atoms with van der Waals surface area (Å²) in [6.45, 7) is 7.83. The minimum absolute atomic E-state index is 0.0254. The van der Waals surface area contributed by atoms with Gasteiger partial charge in [0.1, 0.15) is 23.3 Å². The number of benzene rings is 4. The van der Waals surface area contributed by atoms with Gasteiger partial charge >= 0.3 is 6.09 Å². The molecule has 9 rings (SSSR count). The summed E-state index contributed by atoms with van der Waals surface area (Å²) in [6.07, 6.45) is 22.2. The Kier molecular flexibility index (Phi) is 20.1. The Labute approximate surface area is 450 Å². The molecule has 0 radical (unpaired) electrons. The molecule has 410 valence electrons. The van der Waals surface area contributed by atoms with Gasteiger partial charge in [0.25, 0.3) is 0 Å². The van der Waals surface area contributed by atoms with E-state index in [1.165, 1.54) is 44.9 Å². The molecule has 2 aliphatic carbocycles. The van der Waals surface area contributed by atoms with Crippen LogP contribution in [0.2, 0.25) is 0 Å². The Bertz CT molecular complexity index is 2580. The van der Waals surface area contributed by atoms with Crippen LogP contribution >= 0.6 is 0 Å². The molecule has 3 heterocycles. The molecular formula is C63H82N2O11. The quantitative estimate of drug-likeness (QED) is 0.0304. The first-order valence-electron chi connectivity index (χ1n) is 28.8. The maximum Gasteiger partial charge on any atom is 0.410 e. The normalized spacial score (nSPS) is 23.8. The number of allylic oxidation sites excluding steroid dienone is 1. The van der Waals surface area contributed by atoms with Crippen LogP contribution in [0.15, 0.2) is 108 Å². The van der Waals surface area contributed by atoms with E-state index in [1.807, 2.05) is 48.5 Å². The van der Waals surface area contributed by atoms with E-state index >= 15 is 4.79 Å². The summed E-state index contributed by atoms with van der Waals surface area (Å²) in [7, 11) is 0. The number of carbonyl (C=O) groups is 1. The topological polar surface area (TPSA) is 147 Å². The molecule has 1 saturated carbocycles. The molecular weight excluding hydrogens is 961 g/mol. The molecule has 13 nitrogen and oxygen atoms in total. The van der Waals surface area contributed by atoms with Crippen molar-refractivity contribution in [1.82, 2.24) is 4.90 Å². The van der Waals surface area contributed by atoms with Crippen molar-refractivity contribution in [2.45, 2.75) is 166 Å². The average Bonchev–Trinajstić information content (AvgIpc) is 3.94. The highest BCUT2D eigenvalue weighted by Gasteiger charge is 2.66. The predicted molar refractivity (Wildman–Crippen MR) is 295 cm³/mol. The lowest BCUT2D eigenvalue weighted by Gasteiger charge is -2.60. The van der Waals surface area contributed by atoms with Crippen LogP contribution in [0.25, 0.3) is 10.8 Å². The van der Waals surface area contributed by atoms with E-state index in [0.717, 1.165) is 85.3 Å². The molecule has 0 aromatic heterocycles. The second kappa shape index (κ2) is 27.6. The number of hydrogen-bond donors (Lipinski definition) is 2. The van der Waals surface area contributed by atoms with E-state index in [1.54, 1.807) is 11.0 Å². The van der Waals surface area contributed by atoms with Crippen molar-refractivity contribution in [3.05, 3.63) is 114 Å². The van der Waals surface area contributed by atoms with Gasteiger partial charge in [0, 0.05) is 44.1 Å². The van der Waals surface area contributed by atoms with Gasteiger partial charge in [-0.05, 0) is 121 Å². The first kappa shape index (κ1) is 55.2. The average molecular weight is 1040 g/mol. The van der Waals surface area contributed by atoms with Crippen LogP contribution in [0, 0.1) is 17.8 Å². The molecule has 4 aromatic rings. The van der Waals surface area contributed by atoms with Crippen molar-refractivity contribution in [3.63, 3.8) is 0 Å². The maximum atomic E-state index is 15.3. The number of amides is 1. The van der Waals surface area contributed by atoms with Gasteiger partial charge in [-0.15, -0.1) is 6.58 Å². The molecule has 2 fully saturated rings. The summed E-state index contributed by atoms with van der Waals surface area (Å²) < 4.78 is 45.7. The first-order valence-corrected chi connectivity index (χ1v) is 28.8. The standard InChI is InChI=1S/C63H82N2O11/c1-3-5-6-7-8-9-10-11-12-20-37-70-62(68)65(43-45-27-31-56-57(38-45)72-44-71-56)58-42-54(64-76-59-26-17-21-36-69-59)52-40-48(24-15-18-33-66)51(25-16-19-34-67)60-53-41-50(74-49-29-28-46-22-13-14-23-47(46)39-49)30-32-55(53)75-63(58,61(52)60)73-35-4-2/h4,13-14,22-23,27-32,38-41,48,51,58-61,66-67H,2-3,5-12,15-21,24-26,33-37,42-44H2,1H3/t48-,51+,58-,59?,60+,61+,63+/m0/s1. The van der Waals surface area contributed by atoms with Crippen molar-refractivity contribution in [3.8, 4) is 28.7 Å². The molecule has 13 heteroatoms. The zero-order valence-electron chi connectivity index (χ0n) is 44.9.